The van der Waals surface area contributed by atoms with Gasteiger partial charge < -0.3 is 15.3 Å². The standard InChI is InChI=1S/C26H27N5O3S/c1-16(21-13-29-31-10-4-3-5-22(21)31)26(34)30-14-20(32)11-23(30)25(33)27-12-18-6-8-19(9-7-18)24-17(2)28-15-35-24/h3-10,13,15-16,20,23,32H,11-12,14H2,1-2H3,(H,27,33)/t16?,20-,23+/m1/s1. The zero-order valence-electron chi connectivity index (χ0n) is 19.6. The molecule has 0 radical (unpaired) electrons. The summed E-state index contributed by atoms with van der Waals surface area (Å²) in [6.45, 7) is 4.29. The van der Waals surface area contributed by atoms with E-state index < -0.39 is 18.1 Å². The molecule has 1 aromatic carbocycles. The monoisotopic (exact) mass is 489 g/mol. The van der Waals surface area contributed by atoms with Crippen LogP contribution in [-0.4, -0.2) is 55.1 Å². The number of amides is 2. The van der Waals surface area contributed by atoms with Crippen molar-refractivity contribution in [3.63, 3.8) is 0 Å². The van der Waals surface area contributed by atoms with Crippen molar-refractivity contribution >= 4 is 28.7 Å². The molecule has 5 rings (SSSR count). The van der Waals surface area contributed by atoms with Crippen LogP contribution >= 0.6 is 11.3 Å². The Balaban J connectivity index is 1.26. The molecule has 8 nitrogen and oxygen atoms in total. The Kier molecular flexibility index (Phi) is 6.36. The minimum atomic E-state index is -0.729. The number of nitrogens with zero attached hydrogens (tertiary/aromatic N) is 4. The lowest BCUT2D eigenvalue weighted by Crippen LogP contribution is -2.47. The predicted molar refractivity (Wildman–Crippen MR) is 134 cm³/mol. The van der Waals surface area contributed by atoms with Gasteiger partial charge in [0.1, 0.15) is 6.04 Å². The number of thiazole rings is 1. The van der Waals surface area contributed by atoms with Gasteiger partial charge in [-0.1, -0.05) is 30.3 Å². The van der Waals surface area contributed by atoms with Crippen LogP contribution in [0.5, 0.6) is 0 Å². The highest BCUT2D eigenvalue weighted by Gasteiger charge is 2.40. The van der Waals surface area contributed by atoms with Gasteiger partial charge in [-0.3, -0.25) is 9.59 Å². The van der Waals surface area contributed by atoms with Gasteiger partial charge in [0.2, 0.25) is 11.8 Å². The van der Waals surface area contributed by atoms with E-state index in [1.165, 1.54) is 4.90 Å². The van der Waals surface area contributed by atoms with Gasteiger partial charge in [-0.2, -0.15) is 5.10 Å². The maximum Gasteiger partial charge on any atom is 0.243 e. The van der Waals surface area contributed by atoms with Gasteiger partial charge in [0, 0.05) is 31.3 Å². The Labute approximate surface area is 207 Å². The van der Waals surface area contributed by atoms with Crippen LogP contribution in [-0.2, 0) is 16.1 Å². The third-order valence-electron chi connectivity index (χ3n) is 6.59. The first kappa shape index (κ1) is 23.2. The van der Waals surface area contributed by atoms with Gasteiger partial charge in [0.15, 0.2) is 0 Å². The number of carbonyl (C=O) groups excluding carboxylic acids is 2. The van der Waals surface area contributed by atoms with E-state index in [2.05, 4.69) is 15.4 Å². The number of pyridine rings is 1. The number of aromatic nitrogens is 3. The molecule has 9 heteroatoms. The smallest absolute Gasteiger partial charge is 0.243 e. The van der Waals surface area contributed by atoms with Crippen LogP contribution in [0.15, 0.2) is 60.4 Å². The minimum absolute atomic E-state index is 0.142. The van der Waals surface area contributed by atoms with Crippen LogP contribution in [0.4, 0.5) is 0 Å². The number of rotatable bonds is 6. The summed E-state index contributed by atoms with van der Waals surface area (Å²) in [5.41, 5.74) is 6.54. The van der Waals surface area contributed by atoms with Crippen molar-refractivity contribution in [2.45, 2.75) is 44.9 Å². The van der Waals surface area contributed by atoms with Gasteiger partial charge in [-0.25, -0.2) is 9.50 Å². The van der Waals surface area contributed by atoms with E-state index in [1.54, 1.807) is 22.0 Å². The van der Waals surface area contributed by atoms with Crippen LogP contribution < -0.4 is 5.32 Å². The van der Waals surface area contributed by atoms with E-state index >= 15 is 0 Å². The molecule has 0 bridgehead atoms. The second-order valence-corrected chi connectivity index (χ2v) is 9.78. The third-order valence-corrected chi connectivity index (χ3v) is 7.56. The first-order valence-electron chi connectivity index (χ1n) is 11.6. The summed E-state index contributed by atoms with van der Waals surface area (Å²) in [7, 11) is 0. The Bertz CT molecular complexity index is 1360. The average Bonchev–Trinajstić information content (AvgIpc) is 3.60. The number of nitrogens with one attached hydrogen (secondary N) is 1. The Hall–Kier alpha value is -3.56. The Morgan fingerprint density at radius 3 is 2.77 bits per heavy atom. The lowest BCUT2D eigenvalue weighted by atomic mass is 10.0. The van der Waals surface area contributed by atoms with E-state index in [9.17, 15) is 14.7 Å². The summed E-state index contributed by atoms with van der Waals surface area (Å²) >= 11 is 1.60. The molecule has 4 aromatic rings. The number of carbonyl (C=O) groups is 2. The average molecular weight is 490 g/mol. The van der Waals surface area contributed by atoms with Gasteiger partial charge in [-0.05, 0) is 37.1 Å². The number of likely N-dealkylation sites (tertiary alicyclic amines) is 1. The zero-order valence-corrected chi connectivity index (χ0v) is 20.4. The molecule has 0 saturated carbocycles. The quantitative estimate of drug-likeness (QED) is 0.434. The summed E-state index contributed by atoms with van der Waals surface area (Å²) in [6.07, 6.45) is 3.02. The van der Waals surface area contributed by atoms with Gasteiger partial charge >= 0.3 is 0 Å². The summed E-state index contributed by atoms with van der Waals surface area (Å²) < 4.78 is 1.73. The third kappa shape index (κ3) is 4.56. The van der Waals surface area contributed by atoms with Crippen LogP contribution in [0, 0.1) is 6.92 Å². The molecule has 35 heavy (non-hydrogen) atoms. The molecule has 4 heterocycles. The second kappa shape index (κ2) is 9.59. The maximum absolute atomic E-state index is 13.4. The van der Waals surface area contributed by atoms with E-state index in [0.717, 1.165) is 32.8 Å². The van der Waals surface area contributed by atoms with Crippen LogP contribution in [0.2, 0.25) is 0 Å². The van der Waals surface area contributed by atoms with Crippen molar-refractivity contribution in [3.05, 3.63) is 77.2 Å². The van der Waals surface area contributed by atoms with E-state index in [0.29, 0.717) is 6.54 Å². The number of fused-ring (bicyclic) bond motifs is 1. The number of hydrogen-bond acceptors (Lipinski definition) is 6. The highest BCUT2D eigenvalue weighted by Crippen LogP contribution is 2.29. The second-order valence-electron chi connectivity index (χ2n) is 8.93. The molecular weight excluding hydrogens is 462 g/mol. The molecule has 3 atom stereocenters. The fraction of sp³-hybridized carbons (Fsp3) is 0.308. The minimum Gasteiger partial charge on any atom is -0.391 e. The van der Waals surface area contributed by atoms with Gasteiger partial charge in [0.25, 0.3) is 0 Å². The Morgan fingerprint density at radius 1 is 1.23 bits per heavy atom. The fourth-order valence-electron chi connectivity index (χ4n) is 4.64. The normalized spacial score (nSPS) is 18.7. The Morgan fingerprint density at radius 2 is 2.03 bits per heavy atom. The number of aliphatic hydroxyl groups excluding tert-OH is 1. The number of benzene rings is 1. The molecule has 1 aliphatic heterocycles. The van der Waals surface area contributed by atoms with Crippen LogP contribution in [0.25, 0.3) is 16.0 Å². The summed E-state index contributed by atoms with van der Waals surface area (Å²) in [4.78, 5) is 33.4. The molecule has 180 valence electrons. The summed E-state index contributed by atoms with van der Waals surface area (Å²) in [5, 5.41) is 17.6. The molecule has 2 amide bonds. The van der Waals surface area contributed by atoms with E-state index in [4.69, 9.17) is 0 Å². The van der Waals surface area contributed by atoms with Crippen molar-refractivity contribution in [3.8, 4) is 10.4 Å². The molecular formula is C26H27N5O3S. The molecule has 0 spiro atoms. The molecule has 2 N–H and O–H groups in total. The van der Waals surface area contributed by atoms with Crippen molar-refractivity contribution in [2.75, 3.05) is 6.54 Å². The highest BCUT2D eigenvalue weighted by atomic mass is 32.1. The lowest BCUT2D eigenvalue weighted by Gasteiger charge is -2.26. The largest absolute Gasteiger partial charge is 0.391 e. The van der Waals surface area contributed by atoms with E-state index in [1.807, 2.05) is 68.0 Å². The number of aryl methyl sites for hydroxylation is 1. The number of β-amino-alcohol motifs (C(OH)–C–C–N with tert-alkyl or cyclic N) is 1. The lowest BCUT2D eigenvalue weighted by molar-refractivity contribution is -0.139. The van der Waals surface area contributed by atoms with Crippen molar-refractivity contribution in [1.29, 1.82) is 0 Å². The van der Waals surface area contributed by atoms with Crippen molar-refractivity contribution in [1.82, 2.24) is 24.8 Å². The molecule has 0 aliphatic carbocycles. The molecule has 1 saturated heterocycles. The number of aliphatic hydroxyl groups is 1. The molecule has 1 unspecified atom stereocenters. The maximum atomic E-state index is 13.4. The topological polar surface area (TPSA) is 99.8 Å². The summed E-state index contributed by atoms with van der Waals surface area (Å²) in [5.74, 6) is -0.938. The van der Waals surface area contributed by atoms with Crippen molar-refractivity contribution in [2.24, 2.45) is 0 Å². The first-order valence-corrected chi connectivity index (χ1v) is 12.5. The van der Waals surface area contributed by atoms with Gasteiger partial charge in [-0.15, -0.1) is 11.3 Å². The summed E-state index contributed by atoms with van der Waals surface area (Å²) in [6, 6.07) is 13.0. The predicted octanol–water partition coefficient (Wildman–Crippen LogP) is 3.15. The van der Waals surface area contributed by atoms with Crippen molar-refractivity contribution < 1.29 is 14.7 Å². The van der Waals surface area contributed by atoms with Crippen LogP contribution in [0.3, 0.4) is 0 Å². The zero-order chi connectivity index (χ0) is 24.5. The molecule has 3 aromatic heterocycles. The van der Waals surface area contributed by atoms with E-state index in [-0.39, 0.29) is 24.8 Å². The van der Waals surface area contributed by atoms with Crippen LogP contribution in [0.1, 0.15) is 36.1 Å². The SMILES string of the molecule is Cc1ncsc1-c1ccc(CNC(=O)[C@@H]2C[C@@H](O)CN2C(=O)C(C)c2cnn3ccccc23)cc1. The number of hydrogen-bond donors (Lipinski definition) is 2. The first-order chi connectivity index (χ1) is 16.9. The highest BCUT2D eigenvalue weighted by molar-refractivity contribution is 7.13. The molecule has 1 aliphatic rings. The fourth-order valence-corrected chi connectivity index (χ4v) is 5.45. The van der Waals surface area contributed by atoms with Gasteiger partial charge in [0.05, 0.1) is 39.8 Å². The molecule has 1 fully saturated rings.